The fourth-order valence-corrected chi connectivity index (χ4v) is 2.86. The van der Waals surface area contributed by atoms with E-state index in [1.54, 1.807) is 6.07 Å². The average Bonchev–Trinajstić information content (AvgIpc) is 3.01. The van der Waals surface area contributed by atoms with Crippen molar-refractivity contribution in [2.75, 3.05) is 0 Å². The number of aromatic nitrogens is 2. The van der Waals surface area contributed by atoms with Gasteiger partial charge < -0.3 is 10.1 Å². The summed E-state index contributed by atoms with van der Waals surface area (Å²) in [7, 11) is 0. The van der Waals surface area contributed by atoms with Gasteiger partial charge in [0.1, 0.15) is 11.6 Å². The van der Waals surface area contributed by atoms with E-state index < -0.39 is 6.10 Å². The molecule has 0 fully saturated rings. The third-order valence-corrected chi connectivity index (χ3v) is 3.93. The first-order valence-electron chi connectivity index (χ1n) is 7.69. The van der Waals surface area contributed by atoms with Crippen molar-refractivity contribution in [3.8, 4) is 5.75 Å². The number of halogens is 1. The maximum Gasteiger partial charge on any atom is 0.261 e. The molecule has 1 amide bonds. The first-order chi connectivity index (χ1) is 10.9. The van der Waals surface area contributed by atoms with Gasteiger partial charge in [0, 0.05) is 23.7 Å². The molecular weight excluding hydrogens is 297 g/mol. The highest BCUT2D eigenvalue weighted by Gasteiger charge is 2.30. The second-order valence-electron chi connectivity index (χ2n) is 6.08. The number of rotatable bonds is 4. The molecule has 0 saturated heterocycles. The lowest BCUT2D eigenvalue weighted by molar-refractivity contribution is -0.127. The summed E-state index contributed by atoms with van der Waals surface area (Å²) in [5.41, 5.74) is 2.75. The Bertz CT molecular complexity index is 741. The second kappa shape index (κ2) is 6.02. The van der Waals surface area contributed by atoms with Crippen molar-refractivity contribution in [3.05, 3.63) is 47.0 Å². The van der Waals surface area contributed by atoms with E-state index in [1.807, 2.05) is 31.5 Å². The molecule has 1 aromatic heterocycles. The quantitative estimate of drug-likeness (QED) is 0.940. The standard InChI is InChI=1S/C17H20FN3O2/c1-10-6-12(3)21(20-10)9-11(2)19-17(22)16-8-13-7-14(18)4-5-15(13)23-16/h4-7,11,16H,8-9H2,1-3H3,(H,19,22)/t11-,16-/m1/s1. The van der Waals surface area contributed by atoms with Crippen molar-refractivity contribution in [3.63, 3.8) is 0 Å². The molecule has 3 rings (SSSR count). The van der Waals surface area contributed by atoms with Gasteiger partial charge in [-0.15, -0.1) is 0 Å². The lowest BCUT2D eigenvalue weighted by Crippen LogP contribution is -2.43. The number of aryl methyl sites for hydroxylation is 2. The van der Waals surface area contributed by atoms with E-state index in [0.29, 0.717) is 18.7 Å². The average molecular weight is 317 g/mol. The summed E-state index contributed by atoms with van der Waals surface area (Å²) >= 11 is 0. The van der Waals surface area contributed by atoms with Crippen LogP contribution in [-0.2, 0) is 17.8 Å². The van der Waals surface area contributed by atoms with Crippen LogP contribution in [0.3, 0.4) is 0 Å². The maximum absolute atomic E-state index is 13.2. The van der Waals surface area contributed by atoms with Crippen LogP contribution >= 0.6 is 0 Å². The molecule has 0 spiro atoms. The predicted molar refractivity (Wildman–Crippen MR) is 83.8 cm³/mol. The second-order valence-corrected chi connectivity index (χ2v) is 6.08. The lowest BCUT2D eigenvalue weighted by atomic mass is 10.1. The van der Waals surface area contributed by atoms with E-state index in [1.165, 1.54) is 12.1 Å². The topological polar surface area (TPSA) is 56.2 Å². The molecule has 1 N–H and O–H groups in total. The minimum absolute atomic E-state index is 0.0791. The van der Waals surface area contributed by atoms with Crippen LogP contribution in [0.15, 0.2) is 24.3 Å². The summed E-state index contributed by atoms with van der Waals surface area (Å²) in [5.74, 6) is 0.0830. The number of hydrogen-bond donors (Lipinski definition) is 1. The number of carbonyl (C=O) groups is 1. The highest BCUT2D eigenvalue weighted by Crippen LogP contribution is 2.29. The monoisotopic (exact) mass is 317 g/mol. The maximum atomic E-state index is 13.2. The van der Waals surface area contributed by atoms with Gasteiger partial charge in [0.2, 0.25) is 0 Å². The smallest absolute Gasteiger partial charge is 0.261 e. The summed E-state index contributed by atoms with van der Waals surface area (Å²) in [6.45, 7) is 6.45. The Morgan fingerprint density at radius 3 is 2.96 bits per heavy atom. The summed E-state index contributed by atoms with van der Waals surface area (Å²) in [4.78, 5) is 12.3. The molecule has 0 saturated carbocycles. The fraction of sp³-hybridized carbons (Fsp3) is 0.412. The molecule has 1 aromatic carbocycles. The summed E-state index contributed by atoms with van der Waals surface area (Å²) in [6, 6.07) is 6.24. The normalized spacial score (nSPS) is 17.5. The molecular formula is C17H20FN3O2. The Kier molecular flexibility index (Phi) is 4.07. The SMILES string of the molecule is Cc1cc(C)n(C[C@@H](C)NC(=O)[C@H]2Cc3cc(F)ccc3O2)n1. The molecule has 23 heavy (non-hydrogen) atoms. The van der Waals surface area contributed by atoms with Crippen LogP contribution in [0.2, 0.25) is 0 Å². The summed E-state index contributed by atoms with van der Waals surface area (Å²) in [5, 5.41) is 7.33. The van der Waals surface area contributed by atoms with Crippen molar-refractivity contribution < 1.29 is 13.9 Å². The number of benzene rings is 1. The molecule has 0 bridgehead atoms. The predicted octanol–water partition coefficient (Wildman–Crippen LogP) is 2.15. The molecule has 122 valence electrons. The van der Waals surface area contributed by atoms with Gasteiger partial charge in [-0.3, -0.25) is 9.48 Å². The third-order valence-electron chi connectivity index (χ3n) is 3.93. The number of nitrogens with zero attached hydrogens (tertiary/aromatic N) is 2. The first kappa shape index (κ1) is 15.5. The van der Waals surface area contributed by atoms with E-state index in [-0.39, 0.29) is 17.8 Å². The van der Waals surface area contributed by atoms with Gasteiger partial charge >= 0.3 is 0 Å². The van der Waals surface area contributed by atoms with Gasteiger partial charge in [-0.2, -0.15) is 5.10 Å². The van der Waals surface area contributed by atoms with Gasteiger partial charge in [-0.25, -0.2) is 4.39 Å². The Labute approximate surface area is 134 Å². The summed E-state index contributed by atoms with van der Waals surface area (Å²) in [6.07, 6.45) is -0.208. The van der Waals surface area contributed by atoms with Crippen LogP contribution in [0, 0.1) is 19.7 Å². The minimum Gasteiger partial charge on any atom is -0.480 e. The first-order valence-corrected chi connectivity index (χ1v) is 7.69. The van der Waals surface area contributed by atoms with E-state index in [9.17, 15) is 9.18 Å². The molecule has 6 heteroatoms. The Morgan fingerprint density at radius 1 is 1.48 bits per heavy atom. The fourth-order valence-electron chi connectivity index (χ4n) is 2.86. The minimum atomic E-state index is -0.602. The number of ether oxygens (including phenoxy) is 1. The third kappa shape index (κ3) is 3.36. The van der Waals surface area contributed by atoms with E-state index in [2.05, 4.69) is 10.4 Å². The Hall–Kier alpha value is -2.37. The summed E-state index contributed by atoms with van der Waals surface area (Å²) < 4.78 is 20.7. The molecule has 0 aliphatic carbocycles. The molecule has 5 nitrogen and oxygen atoms in total. The zero-order valence-corrected chi connectivity index (χ0v) is 13.5. The molecule has 2 heterocycles. The Balaban J connectivity index is 1.58. The van der Waals surface area contributed by atoms with Gasteiger partial charge in [0.25, 0.3) is 5.91 Å². The number of carbonyl (C=O) groups excluding carboxylic acids is 1. The Morgan fingerprint density at radius 2 is 2.26 bits per heavy atom. The van der Waals surface area contributed by atoms with E-state index in [0.717, 1.165) is 17.0 Å². The number of nitrogens with one attached hydrogen (secondary N) is 1. The highest BCUT2D eigenvalue weighted by molar-refractivity contribution is 5.82. The van der Waals surface area contributed by atoms with Crippen LogP contribution in [0.25, 0.3) is 0 Å². The van der Waals surface area contributed by atoms with Crippen molar-refractivity contribution in [2.24, 2.45) is 0 Å². The molecule has 2 aromatic rings. The van der Waals surface area contributed by atoms with E-state index >= 15 is 0 Å². The van der Waals surface area contributed by atoms with Gasteiger partial charge in [-0.05, 0) is 45.0 Å². The molecule has 2 atom stereocenters. The van der Waals surface area contributed by atoms with Crippen LogP contribution in [0.4, 0.5) is 4.39 Å². The van der Waals surface area contributed by atoms with Crippen molar-refractivity contribution in [1.29, 1.82) is 0 Å². The van der Waals surface area contributed by atoms with Crippen molar-refractivity contribution in [1.82, 2.24) is 15.1 Å². The lowest BCUT2D eigenvalue weighted by Gasteiger charge is -2.17. The van der Waals surface area contributed by atoms with Gasteiger partial charge in [-0.1, -0.05) is 0 Å². The van der Waals surface area contributed by atoms with E-state index in [4.69, 9.17) is 4.74 Å². The van der Waals surface area contributed by atoms with Crippen molar-refractivity contribution in [2.45, 2.75) is 45.9 Å². The van der Waals surface area contributed by atoms with Gasteiger partial charge in [0.15, 0.2) is 6.10 Å². The largest absolute Gasteiger partial charge is 0.480 e. The highest BCUT2D eigenvalue weighted by atomic mass is 19.1. The van der Waals surface area contributed by atoms with Gasteiger partial charge in [0.05, 0.1) is 12.2 Å². The molecule has 1 aliphatic heterocycles. The molecule has 1 aliphatic rings. The number of fused-ring (bicyclic) bond motifs is 1. The zero-order chi connectivity index (χ0) is 16.6. The zero-order valence-electron chi connectivity index (χ0n) is 13.5. The number of hydrogen-bond acceptors (Lipinski definition) is 3. The van der Waals surface area contributed by atoms with Crippen LogP contribution in [0.5, 0.6) is 5.75 Å². The van der Waals surface area contributed by atoms with Crippen molar-refractivity contribution >= 4 is 5.91 Å². The van der Waals surface area contributed by atoms with Crippen LogP contribution in [0.1, 0.15) is 23.9 Å². The number of amides is 1. The molecule has 0 unspecified atom stereocenters. The molecule has 0 radical (unpaired) electrons. The van der Waals surface area contributed by atoms with Crippen LogP contribution < -0.4 is 10.1 Å². The van der Waals surface area contributed by atoms with Crippen LogP contribution in [-0.4, -0.2) is 27.8 Å².